The number of amides is 1. The Balaban J connectivity index is 1.24. The summed E-state index contributed by atoms with van der Waals surface area (Å²) >= 11 is 6.63. The van der Waals surface area contributed by atoms with Crippen LogP contribution < -0.4 is 10.1 Å². The van der Waals surface area contributed by atoms with E-state index in [2.05, 4.69) is 22.4 Å². The van der Waals surface area contributed by atoms with E-state index in [1.807, 2.05) is 24.3 Å². The van der Waals surface area contributed by atoms with Gasteiger partial charge in [-0.1, -0.05) is 41.9 Å². The van der Waals surface area contributed by atoms with E-state index in [0.29, 0.717) is 21.7 Å². The van der Waals surface area contributed by atoms with Crippen LogP contribution in [0.2, 0.25) is 5.02 Å². The van der Waals surface area contributed by atoms with Crippen LogP contribution in [0.5, 0.6) is 5.88 Å². The zero-order valence-electron chi connectivity index (χ0n) is 20.7. The van der Waals surface area contributed by atoms with Crippen LogP contribution in [0.25, 0.3) is 27.9 Å². The molecule has 1 unspecified atom stereocenters. The molecular formula is C28H27ClN4O5. The van der Waals surface area contributed by atoms with Gasteiger partial charge < -0.3 is 29.6 Å². The molecule has 0 radical (unpaired) electrons. The Kier molecular flexibility index (Phi) is 6.58. The minimum absolute atomic E-state index is 0.00192. The molecule has 1 amide bonds. The molecule has 38 heavy (non-hydrogen) atoms. The van der Waals surface area contributed by atoms with Gasteiger partial charge in [-0.2, -0.15) is 5.26 Å². The highest BCUT2D eigenvalue weighted by Crippen LogP contribution is 2.37. The second-order valence-corrected chi connectivity index (χ2v) is 10.4. The molecule has 0 saturated carbocycles. The lowest BCUT2D eigenvalue weighted by atomic mass is 9.90. The van der Waals surface area contributed by atoms with E-state index in [4.69, 9.17) is 30.8 Å². The molecule has 4 heterocycles. The van der Waals surface area contributed by atoms with E-state index in [1.165, 1.54) is 5.57 Å². The fourth-order valence-electron chi connectivity index (χ4n) is 5.52. The molecule has 9 nitrogen and oxygen atoms in total. The van der Waals surface area contributed by atoms with Crippen molar-refractivity contribution in [3.05, 3.63) is 52.6 Å². The molecule has 2 fully saturated rings. The van der Waals surface area contributed by atoms with Crippen molar-refractivity contribution in [3.63, 3.8) is 0 Å². The molecule has 196 valence electrons. The first-order valence-electron chi connectivity index (χ1n) is 12.7. The van der Waals surface area contributed by atoms with Crippen molar-refractivity contribution >= 4 is 34.1 Å². The number of nitriles is 1. The predicted octanol–water partition coefficient (Wildman–Crippen LogP) is 3.73. The van der Waals surface area contributed by atoms with E-state index in [9.17, 15) is 15.2 Å². The molecule has 10 heteroatoms. The number of pyridine rings is 1. The average Bonchev–Trinajstić information content (AvgIpc) is 3.58. The number of nitrogens with one attached hydrogen (secondary N) is 2. The van der Waals surface area contributed by atoms with Gasteiger partial charge in [0.25, 0.3) is 0 Å². The summed E-state index contributed by atoms with van der Waals surface area (Å²) in [5.41, 5.74) is 5.11. The number of rotatable bonds is 5. The Morgan fingerprint density at radius 2 is 2.00 bits per heavy atom. The summed E-state index contributed by atoms with van der Waals surface area (Å²) in [5.74, 6) is 0.279. The predicted molar refractivity (Wildman–Crippen MR) is 141 cm³/mol. The topological polar surface area (TPSA) is 129 Å². The third kappa shape index (κ3) is 4.54. The molecular weight excluding hydrogens is 508 g/mol. The lowest BCUT2D eigenvalue weighted by molar-refractivity contribution is -0.119. The first kappa shape index (κ1) is 24.9. The van der Waals surface area contributed by atoms with Gasteiger partial charge >= 0.3 is 0 Å². The molecule has 3 N–H and O–H groups in total. The number of ether oxygens (including phenoxy) is 3. The number of aromatic nitrogens is 2. The molecule has 3 aromatic rings. The highest BCUT2D eigenvalue weighted by Gasteiger charge is 2.48. The number of hydrogen-bond acceptors (Lipinski definition) is 7. The smallest absolute Gasteiger partial charge is 0.217 e. The average molecular weight is 535 g/mol. The number of aliphatic hydroxyl groups is 1. The summed E-state index contributed by atoms with van der Waals surface area (Å²) in [4.78, 5) is 19.2. The zero-order valence-corrected chi connectivity index (χ0v) is 21.5. The molecule has 3 aliphatic rings. The van der Waals surface area contributed by atoms with E-state index in [0.717, 1.165) is 30.4 Å². The number of allylic oxidation sites excluding steroid dienone is 1. The van der Waals surface area contributed by atoms with Crippen LogP contribution >= 0.6 is 11.6 Å². The Labute approximate surface area is 224 Å². The SMILES string of the molecule is CC(=O)NC1CC=C(c2ccc(-c3nc4c(C#N)c(O[C@@H]5CO[C@H]6[C@@H]5OC[C@H]6O)[nH]c4cc3Cl)cc2)CC1. The van der Waals surface area contributed by atoms with Crippen molar-refractivity contribution in [2.45, 2.75) is 56.6 Å². The van der Waals surface area contributed by atoms with Crippen molar-refractivity contribution in [1.29, 1.82) is 5.26 Å². The molecule has 2 aliphatic heterocycles. The fourth-order valence-corrected chi connectivity index (χ4v) is 5.78. The standard InChI is InChI=1S/C28H27ClN4O5/c1-14(34)31-18-8-6-16(7-9-18)15-2-4-17(5-3-15)24-20(29)10-21-25(33-24)19(11-30)28(32-21)38-23-13-37-26-22(35)12-36-27(23)26/h2-6,10,18,22-23,26-27,32,35H,7-9,12-13H2,1H3,(H,31,34)/t18?,22-,23-,26-,27-/m1/s1. The first-order valence-corrected chi connectivity index (χ1v) is 13.1. The quantitative estimate of drug-likeness (QED) is 0.454. The lowest BCUT2D eigenvalue weighted by Gasteiger charge is -2.22. The Hall–Kier alpha value is -3.42. The fraction of sp³-hybridized carbons (Fsp3) is 0.393. The number of nitrogens with zero attached hydrogens (tertiary/aromatic N) is 2. The third-order valence-electron chi connectivity index (χ3n) is 7.40. The number of carbonyl (C=O) groups is 1. The van der Waals surface area contributed by atoms with Gasteiger partial charge in [-0.25, -0.2) is 4.98 Å². The van der Waals surface area contributed by atoms with Crippen LogP contribution in [-0.2, 0) is 14.3 Å². The Bertz CT molecular complexity index is 1460. The van der Waals surface area contributed by atoms with E-state index in [-0.39, 0.29) is 36.6 Å². The minimum atomic E-state index is -0.684. The van der Waals surface area contributed by atoms with Crippen molar-refractivity contribution in [2.24, 2.45) is 0 Å². The minimum Gasteiger partial charge on any atom is -0.469 e. The van der Waals surface area contributed by atoms with Crippen LogP contribution in [0.3, 0.4) is 0 Å². The second-order valence-electron chi connectivity index (χ2n) is 9.95. The van der Waals surface area contributed by atoms with Gasteiger partial charge in [-0.15, -0.1) is 0 Å². The van der Waals surface area contributed by atoms with Crippen molar-refractivity contribution in [1.82, 2.24) is 15.3 Å². The van der Waals surface area contributed by atoms with Crippen LogP contribution in [0.4, 0.5) is 0 Å². The lowest BCUT2D eigenvalue weighted by Crippen LogP contribution is -2.34. The van der Waals surface area contributed by atoms with Gasteiger partial charge in [-0.05, 0) is 36.5 Å². The monoisotopic (exact) mass is 534 g/mol. The Morgan fingerprint density at radius 1 is 1.24 bits per heavy atom. The van der Waals surface area contributed by atoms with Crippen molar-refractivity contribution < 1.29 is 24.1 Å². The number of fused-ring (bicyclic) bond motifs is 2. The van der Waals surface area contributed by atoms with Gasteiger partial charge in [0.2, 0.25) is 11.8 Å². The number of carbonyl (C=O) groups excluding carboxylic acids is 1. The molecule has 2 aromatic heterocycles. The molecule has 6 rings (SSSR count). The summed E-state index contributed by atoms with van der Waals surface area (Å²) < 4.78 is 17.4. The maximum absolute atomic E-state index is 11.3. The van der Waals surface area contributed by atoms with Gasteiger partial charge in [0.15, 0.2) is 6.10 Å². The molecule has 0 spiro atoms. The highest BCUT2D eigenvalue weighted by molar-refractivity contribution is 6.33. The number of aromatic amines is 1. The van der Waals surface area contributed by atoms with Crippen LogP contribution in [-0.4, -0.2) is 64.7 Å². The molecule has 2 saturated heterocycles. The summed E-state index contributed by atoms with van der Waals surface area (Å²) in [5, 5.41) is 23.4. The highest BCUT2D eigenvalue weighted by atomic mass is 35.5. The third-order valence-corrected chi connectivity index (χ3v) is 7.69. The van der Waals surface area contributed by atoms with E-state index >= 15 is 0 Å². The largest absolute Gasteiger partial charge is 0.469 e. The normalized spacial score (nSPS) is 26.6. The van der Waals surface area contributed by atoms with Crippen LogP contribution in [0.1, 0.15) is 37.3 Å². The summed E-state index contributed by atoms with van der Waals surface area (Å²) in [7, 11) is 0. The number of halogens is 1. The van der Waals surface area contributed by atoms with Gasteiger partial charge in [0, 0.05) is 18.5 Å². The number of H-pyrrole nitrogens is 1. The maximum Gasteiger partial charge on any atom is 0.217 e. The van der Waals surface area contributed by atoms with Crippen molar-refractivity contribution in [2.75, 3.05) is 13.2 Å². The van der Waals surface area contributed by atoms with Crippen LogP contribution in [0.15, 0.2) is 36.4 Å². The first-order chi connectivity index (χ1) is 18.4. The van der Waals surface area contributed by atoms with Gasteiger partial charge in [0.1, 0.15) is 35.5 Å². The number of hydrogen-bond donors (Lipinski definition) is 3. The van der Waals surface area contributed by atoms with E-state index in [1.54, 1.807) is 13.0 Å². The zero-order chi connectivity index (χ0) is 26.4. The maximum atomic E-state index is 11.3. The van der Waals surface area contributed by atoms with Crippen LogP contribution in [0, 0.1) is 11.3 Å². The van der Waals surface area contributed by atoms with Gasteiger partial charge in [0.05, 0.1) is 29.4 Å². The molecule has 1 aliphatic carbocycles. The van der Waals surface area contributed by atoms with Gasteiger partial charge in [-0.3, -0.25) is 4.79 Å². The number of benzene rings is 1. The van der Waals surface area contributed by atoms with E-state index < -0.39 is 24.4 Å². The Morgan fingerprint density at radius 3 is 2.71 bits per heavy atom. The number of aliphatic hydroxyl groups excluding tert-OH is 1. The molecule has 0 bridgehead atoms. The molecule has 1 aromatic carbocycles. The second kappa shape index (κ2) is 10.0. The van der Waals surface area contributed by atoms with Crippen molar-refractivity contribution in [3.8, 4) is 23.2 Å². The summed E-state index contributed by atoms with van der Waals surface area (Å²) in [6.07, 6.45) is 2.84. The summed E-state index contributed by atoms with van der Waals surface area (Å²) in [6.45, 7) is 2.00. The summed E-state index contributed by atoms with van der Waals surface area (Å²) in [6, 6.07) is 12.2. The molecule has 5 atom stereocenters.